The SMILES string of the molecule is C=CCCCC(CCCC/C(=C/C(=C/CCC)C(/C)=C/C=C(/C)C(C)C=C)c1cc(OC)c(OCC2CCNCC2)cc1C)CC(C)=O. The predicted octanol–water partition coefficient (Wildman–Crippen LogP) is 11.7. The van der Waals surface area contributed by atoms with Crippen molar-refractivity contribution in [3.63, 3.8) is 0 Å². The van der Waals surface area contributed by atoms with Crippen LogP contribution in [0.5, 0.6) is 11.5 Å². The number of Topliss-reactive ketones (excluding diaryl/α,β-unsaturated/α-hetero) is 1. The van der Waals surface area contributed by atoms with E-state index in [1.54, 1.807) is 14.0 Å². The van der Waals surface area contributed by atoms with E-state index in [2.05, 4.69) is 89.5 Å². The lowest BCUT2D eigenvalue weighted by Gasteiger charge is -2.24. The summed E-state index contributed by atoms with van der Waals surface area (Å²) in [6.07, 6.45) is 25.8. The van der Waals surface area contributed by atoms with Crippen LogP contribution >= 0.6 is 0 Å². The van der Waals surface area contributed by atoms with E-state index >= 15 is 0 Å². The highest BCUT2D eigenvalue weighted by molar-refractivity contribution is 5.76. The molecule has 2 unspecified atom stereocenters. The van der Waals surface area contributed by atoms with Gasteiger partial charge < -0.3 is 19.6 Å². The molecule has 266 valence electrons. The van der Waals surface area contributed by atoms with E-state index in [-0.39, 0.29) is 0 Å². The maximum atomic E-state index is 12.0. The monoisotopic (exact) mass is 658 g/mol. The molecule has 0 bridgehead atoms. The van der Waals surface area contributed by atoms with Crippen molar-refractivity contribution in [1.29, 1.82) is 0 Å². The molecule has 48 heavy (non-hydrogen) atoms. The van der Waals surface area contributed by atoms with Gasteiger partial charge in [-0.3, -0.25) is 0 Å². The first-order chi connectivity index (χ1) is 23.1. The third kappa shape index (κ3) is 15.0. The van der Waals surface area contributed by atoms with Gasteiger partial charge in [-0.2, -0.15) is 0 Å². The van der Waals surface area contributed by atoms with Crippen molar-refractivity contribution in [1.82, 2.24) is 5.32 Å². The Kier molecular flexibility index (Phi) is 19.9. The quantitative estimate of drug-likeness (QED) is 0.0723. The van der Waals surface area contributed by atoms with Crippen LogP contribution in [-0.2, 0) is 4.79 Å². The Morgan fingerprint density at radius 2 is 1.75 bits per heavy atom. The highest BCUT2D eigenvalue weighted by Crippen LogP contribution is 2.37. The topological polar surface area (TPSA) is 47.6 Å². The number of ketones is 1. The van der Waals surface area contributed by atoms with Crippen molar-refractivity contribution in [3.05, 3.63) is 89.6 Å². The minimum Gasteiger partial charge on any atom is -0.493 e. The van der Waals surface area contributed by atoms with Crippen molar-refractivity contribution in [2.24, 2.45) is 17.8 Å². The molecule has 4 heteroatoms. The van der Waals surface area contributed by atoms with E-state index in [0.717, 1.165) is 102 Å². The molecule has 0 saturated carbocycles. The van der Waals surface area contributed by atoms with Crippen LogP contribution in [0.25, 0.3) is 5.57 Å². The van der Waals surface area contributed by atoms with E-state index in [1.807, 2.05) is 12.2 Å². The van der Waals surface area contributed by atoms with Gasteiger partial charge in [0, 0.05) is 6.42 Å². The van der Waals surface area contributed by atoms with Gasteiger partial charge in [0.05, 0.1) is 13.7 Å². The Balaban J connectivity index is 2.46. The molecule has 1 aliphatic heterocycles. The first kappa shape index (κ1) is 41.1. The number of ether oxygens (including phenoxy) is 2. The second kappa shape index (κ2) is 23.3. The van der Waals surface area contributed by atoms with Crippen LogP contribution in [-0.4, -0.2) is 32.6 Å². The summed E-state index contributed by atoms with van der Waals surface area (Å²) < 4.78 is 12.3. The lowest BCUT2D eigenvalue weighted by Crippen LogP contribution is -2.30. The van der Waals surface area contributed by atoms with E-state index in [9.17, 15) is 4.79 Å². The molecule has 0 aromatic heterocycles. The van der Waals surface area contributed by atoms with Crippen LogP contribution in [0.1, 0.15) is 123 Å². The van der Waals surface area contributed by atoms with Crippen LogP contribution in [0.4, 0.5) is 0 Å². The zero-order valence-electron chi connectivity index (χ0n) is 31.6. The molecule has 0 spiro atoms. The van der Waals surface area contributed by atoms with Gasteiger partial charge in [-0.1, -0.05) is 75.1 Å². The van der Waals surface area contributed by atoms with Gasteiger partial charge in [0.1, 0.15) is 5.78 Å². The number of piperidine rings is 1. The van der Waals surface area contributed by atoms with Gasteiger partial charge in [-0.25, -0.2) is 0 Å². The van der Waals surface area contributed by atoms with Gasteiger partial charge in [-0.05, 0) is 150 Å². The van der Waals surface area contributed by atoms with Gasteiger partial charge in [0.15, 0.2) is 11.5 Å². The molecule has 1 aromatic carbocycles. The van der Waals surface area contributed by atoms with Crippen LogP contribution in [0.3, 0.4) is 0 Å². The van der Waals surface area contributed by atoms with Crippen LogP contribution in [0.15, 0.2) is 78.5 Å². The van der Waals surface area contributed by atoms with E-state index in [4.69, 9.17) is 9.47 Å². The summed E-state index contributed by atoms with van der Waals surface area (Å²) in [7, 11) is 1.75. The first-order valence-corrected chi connectivity index (χ1v) is 18.6. The second-order valence-corrected chi connectivity index (χ2v) is 14.0. The number of methoxy groups -OCH3 is 1. The number of carbonyl (C=O) groups excluding carboxylic acids is 1. The molecule has 2 rings (SSSR count). The summed E-state index contributed by atoms with van der Waals surface area (Å²) in [6.45, 7) is 23.4. The first-order valence-electron chi connectivity index (χ1n) is 18.6. The normalized spacial score (nSPS) is 16.4. The summed E-state index contributed by atoms with van der Waals surface area (Å²) in [5.74, 6) is 3.29. The lowest BCUT2D eigenvalue weighted by molar-refractivity contribution is -0.118. The predicted molar refractivity (Wildman–Crippen MR) is 208 cm³/mol. The fourth-order valence-electron chi connectivity index (χ4n) is 6.39. The van der Waals surface area contributed by atoms with Gasteiger partial charge in [-0.15, -0.1) is 13.2 Å². The van der Waals surface area contributed by atoms with Crippen molar-refractivity contribution < 1.29 is 14.3 Å². The average molecular weight is 658 g/mol. The van der Waals surface area contributed by atoms with E-state index in [1.165, 1.54) is 33.4 Å². The maximum absolute atomic E-state index is 12.0. The molecule has 0 aliphatic carbocycles. The Morgan fingerprint density at radius 1 is 1.02 bits per heavy atom. The van der Waals surface area contributed by atoms with Crippen molar-refractivity contribution in [2.45, 2.75) is 119 Å². The van der Waals surface area contributed by atoms with Crippen molar-refractivity contribution in [3.8, 4) is 11.5 Å². The molecular weight excluding hydrogens is 590 g/mol. The molecule has 0 amide bonds. The molecule has 1 fully saturated rings. The molecule has 1 aromatic rings. The summed E-state index contributed by atoms with van der Waals surface area (Å²) in [5, 5.41) is 3.45. The molecular formula is C44H67NO3. The minimum atomic E-state index is 0.295. The lowest BCUT2D eigenvalue weighted by atomic mass is 9.88. The third-order valence-electron chi connectivity index (χ3n) is 9.80. The number of benzene rings is 1. The molecule has 2 atom stereocenters. The summed E-state index contributed by atoms with van der Waals surface area (Å²) >= 11 is 0. The summed E-state index contributed by atoms with van der Waals surface area (Å²) in [4.78, 5) is 12.0. The number of unbranched alkanes of at least 4 members (excludes halogenated alkanes) is 3. The highest BCUT2D eigenvalue weighted by Gasteiger charge is 2.18. The molecule has 1 heterocycles. The highest BCUT2D eigenvalue weighted by atomic mass is 16.5. The fourth-order valence-corrected chi connectivity index (χ4v) is 6.39. The van der Waals surface area contributed by atoms with Gasteiger partial charge >= 0.3 is 0 Å². The smallest absolute Gasteiger partial charge is 0.161 e. The standard InChI is InChI=1S/C44H67NO3/c1-10-13-15-18-38(29-37(8)46)19-16-17-21-41(30-40(20-14-11-2)35(6)23-22-34(5)33(4)12-3)42-31-43(47-9)44(28-36(42)7)48-32-39-24-26-45-27-25-39/h10,12,20,22-23,28,30-31,33,38-39,45H,1,3,11,13-19,21,24-27,29,32H2,2,4-9H3/b34-22-,35-23+,40-20-,41-30-. The van der Waals surface area contributed by atoms with E-state index in [0.29, 0.717) is 30.0 Å². The van der Waals surface area contributed by atoms with Gasteiger partial charge in [0.25, 0.3) is 0 Å². The van der Waals surface area contributed by atoms with E-state index < -0.39 is 0 Å². The molecule has 1 aliphatic rings. The fraction of sp³-hybridized carbons (Fsp3) is 0.568. The number of hydrogen-bond donors (Lipinski definition) is 1. The Hall–Kier alpha value is -3.11. The Labute approximate surface area is 294 Å². The number of rotatable bonds is 23. The zero-order chi connectivity index (χ0) is 35.3. The largest absolute Gasteiger partial charge is 0.493 e. The third-order valence-corrected chi connectivity index (χ3v) is 9.80. The Bertz CT molecular complexity index is 1270. The maximum Gasteiger partial charge on any atom is 0.161 e. The Morgan fingerprint density at radius 3 is 2.40 bits per heavy atom. The number of hydrogen-bond acceptors (Lipinski definition) is 4. The van der Waals surface area contributed by atoms with Crippen molar-refractivity contribution >= 4 is 11.4 Å². The second-order valence-electron chi connectivity index (χ2n) is 14.0. The van der Waals surface area contributed by atoms with Crippen LogP contribution in [0, 0.1) is 24.7 Å². The van der Waals surface area contributed by atoms with Gasteiger partial charge in [0.2, 0.25) is 0 Å². The number of carbonyl (C=O) groups is 1. The zero-order valence-corrected chi connectivity index (χ0v) is 31.6. The number of nitrogens with one attached hydrogen (secondary N) is 1. The van der Waals surface area contributed by atoms with Crippen LogP contribution < -0.4 is 14.8 Å². The van der Waals surface area contributed by atoms with Crippen LogP contribution in [0.2, 0.25) is 0 Å². The molecule has 0 radical (unpaired) electrons. The molecule has 4 nitrogen and oxygen atoms in total. The molecule has 1 saturated heterocycles. The number of aryl methyl sites for hydroxylation is 1. The number of allylic oxidation sites excluding steroid dienone is 10. The van der Waals surface area contributed by atoms with Crippen molar-refractivity contribution in [2.75, 3.05) is 26.8 Å². The average Bonchev–Trinajstić information content (AvgIpc) is 3.08. The minimum absolute atomic E-state index is 0.295. The summed E-state index contributed by atoms with van der Waals surface area (Å²) in [6, 6.07) is 4.37. The summed E-state index contributed by atoms with van der Waals surface area (Å²) in [5.41, 5.74) is 7.57. The molecule has 1 N–H and O–H groups in total.